The summed E-state index contributed by atoms with van der Waals surface area (Å²) in [5.74, 6) is 0.839. The van der Waals surface area contributed by atoms with E-state index in [2.05, 4.69) is 27.7 Å². The van der Waals surface area contributed by atoms with Crippen molar-refractivity contribution in [3.63, 3.8) is 0 Å². The molecular formula is C18H27BO4. The van der Waals surface area contributed by atoms with Gasteiger partial charge in [-0.05, 0) is 64.6 Å². The molecule has 0 aromatic heterocycles. The second-order valence-corrected chi connectivity index (χ2v) is 7.46. The topological polar surface area (TPSA) is 36.9 Å². The van der Waals surface area contributed by atoms with E-state index < -0.39 is 0 Å². The van der Waals surface area contributed by atoms with E-state index in [0.29, 0.717) is 6.61 Å². The molecule has 0 amide bonds. The summed E-state index contributed by atoms with van der Waals surface area (Å²) in [6, 6.07) is 7.98. The van der Waals surface area contributed by atoms with Crippen LogP contribution < -0.4 is 10.2 Å². The van der Waals surface area contributed by atoms with Crippen LogP contribution >= 0.6 is 0 Å². The van der Waals surface area contributed by atoms with Gasteiger partial charge in [0, 0.05) is 6.61 Å². The maximum Gasteiger partial charge on any atom is 0.494 e. The number of hydrogen-bond donors (Lipinski definition) is 0. The molecule has 2 saturated heterocycles. The zero-order valence-corrected chi connectivity index (χ0v) is 14.6. The molecule has 2 fully saturated rings. The lowest BCUT2D eigenvalue weighted by atomic mass is 9.79. The van der Waals surface area contributed by atoms with Crippen LogP contribution in [0.15, 0.2) is 24.3 Å². The Labute approximate surface area is 139 Å². The third kappa shape index (κ3) is 3.73. The van der Waals surface area contributed by atoms with Crippen LogP contribution in [0.3, 0.4) is 0 Å². The lowest BCUT2D eigenvalue weighted by Crippen LogP contribution is -2.41. The van der Waals surface area contributed by atoms with E-state index in [4.69, 9.17) is 18.8 Å². The molecule has 2 heterocycles. The average Bonchev–Trinajstić information content (AvgIpc) is 2.75. The Bertz CT molecular complexity index is 522. The predicted molar refractivity (Wildman–Crippen MR) is 91.2 cm³/mol. The summed E-state index contributed by atoms with van der Waals surface area (Å²) in [5.41, 5.74) is 0.334. The van der Waals surface area contributed by atoms with Gasteiger partial charge in [-0.1, -0.05) is 12.1 Å². The van der Waals surface area contributed by atoms with Crippen molar-refractivity contribution in [1.29, 1.82) is 0 Å². The van der Waals surface area contributed by atoms with Crippen molar-refractivity contribution >= 4 is 12.6 Å². The second kappa shape index (κ2) is 6.46. The van der Waals surface area contributed by atoms with Gasteiger partial charge in [-0.15, -0.1) is 0 Å². The molecule has 1 aromatic rings. The highest BCUT2D eigenvalue weighted by atomic mass is 16.7. The van der Waals surface area contributed by atoms with E-state index in [0.717, 1.165) is 30.7 Å². The summed E-state index contributed by atoms with van der Waals surface area (Å²) in [5, 5.41) is 0. The van der Waals surface area contributed by atoms with Crippen LogP contribution in [0.4, 0.5) is 0 Å². The van der Waals surface area contributed by atoms with E-state index in [-0.39, 0.29) is 24.4 Å². The third-order valence-electron chi connectivity index (χ3n) is 5.09. The monoisotopic (exact) mass is 318 g/mol. The van der Waals surface area contributed by atoms with Crippen molar-refractivity contribution < 1.29 is 18.8 Å². The van der Waals surface area contributed by atoms with Crippen LogP contribution in [0.1, 0.15) is 47.0 Å². The lowest BCUT2D eigenvalue weighted by molar-refractivity contribution is -0.0110. The third-order valence-corrected chi connectivity index (χ3v) is 5.09. The Morgan fingerprint density at radius 1 is 1.13 bits per heavy atom. The first-order valence-electron chi connectivity index (χ1n) is 8.57. The van der Waals surface area contributed by atoms with Crippen molar-refractivity contribution in [3.8, 4) is 5.75 Å². The SMILES string of the molecule is CC1(C)OB(c2cccc(OCC3CCCCO3)c2)OC1(C)C. The molecule has 4 nitrogen and oxygen atoms in total. The summed E-state index contributed by atoms with van der Waals surface area (Å²) in [7, 11) is -0.352. The first-order chi connectivity index (χ1) is 10.9. The van der Waals surface area contributed by atoms with Crippen LogP contribution in [0.25, 0.3) is 0 Å². The highest BCUT2D eigenvalue weighted by Gasteiger charge is 2.51. The molecule has 0 bridgehead atoms. The van der Waals surface area contributed by atoms with Crippen LogP contribution in [-0.2, 0) is 14.0 Å². The molecule has 0 N–H and O–H groups in total. The normalized spacial score (nSPS) is 26.3. The first-order valence-corrected chi connectivity index (χ1v) is 8.57. The van der Waals surface area contributed by atoms with Crippen LogP contribution in [-0.4, -0.2) is 37.6 Å². The van der Waals surface area contributed by atoms with E-state index in [9.17, 15) is 0 Å². The molecule has 3 rings (SSSR count). The van der Waals surface area contributed by atoms with E-state index >= 15 is 0 Å². The molecule has 2 aliphatic rings. The van der Waals surface area contributed by atoms with Crippen LogP contribution in [0, 0.1) is 0 Å². The molecule has 1 atom stereocenters. The highest BCUT2D eigenvalue weighted by molar-refractivity contribution is 6.62. The zero-order chi connectivity index (χ0) is 16.5. The Morgan fingerprint density at radius 2 is 1.87 bits per heavy atom. The van der Waals surface area contributed by atoms with E-state index in [1.165, 1.54) is 6.42 Å². The van der Waals surface area contributed by atoms with Gasteiger partial charge >= 0.3 is 7.12 Å². The van der Waals surface area contributed by atoms with Gasteiger partial charge in [0.15, 0.2) is 0 Å². The number of ether oxygens (including phenoxy) is 2. The molecule has 126 valence electrons. The van der Waals surface area contributed by atoms with Crippen molar-refractivity contribution in [3.05, 3.63) is 24.3 Å². The maximum absolute atomic E-state index is 6.10. The summed E-state index contributed by atoms with van der Waals surface area (Å²) in [4.78, 5) is 0. The van der Waals surface area contributed by atoms with Gasteiger partial charge in [0.25, 0.3) is 0 Å². The van der Waals surface area contributed by atoms with Crippen LogP contribution in [0.2, 0.25) is 0 Å². The minimum absolute atomic E-state index is 0.212. The Hall–Kier alpha value is -1.04. The quantitative estimate of drug-likeness (QED) is 0.800. The first kappa shape index (κ1) is 16.8. The molecule has 0 radical (unpaired) electrons. The lowest BCUT2D eigenvalue weighted by Gasteiger charge is -2.32. The van der Waals surface area contributed by atoms with Crippen LogP contribution in [0.5, 0.6) is 5.75 Å². The van der Waals surface area contributed by atoms with Gasteiger partial charge < -0.3 is 18.8 Å². The number of rotatable bonds is 4. The molecule has 0 aliphatic carbocycles. The molecule has 23 heavy (non-hydrogen) atoms. The minimum atomic E-state index is -0.352. The summed E-state index contributed by atoms with van der Waals surface area (Å²) in [6.07, 6.45) is 3.68. The van der Waals surface area contributed by atoms with Crippen molar-refractivity contribution in [2.24, 2.45) is 0 Å². The largest absolute Gasteiger partial charge is 0.494 e. The fraction of sp³-hybridized carbons (Fsp3) is 0.667. The Kier molecular flexibility index (Phi) is 4.72. The fourth-order valence-electron chi connectivity index (χ4n) is 2.86. The van der Waals surface area contributed by atoms with Crippen molar-refractivity contribution in [1.82, 2.24) is 0 Å². The molecule has 0 saturated carbocycles. The van der Waals surface area contributed by atoms with Gasteiger partial charge in [0.05, 0.1) is 17.3 Å². The van der Waals surface area contributed by atoms with Gasteiger partial charge in [-0.2, -0.15) is 0 Å². The Morgan fingerprint density at radius 3 is 2.52 bits per heavy atom. The number of benzene rings is 1. The average molecular weight is 318 g/mol. The summed E-state index contributed by atoms with van der Waals surface area (Å²) >= 11 is 0. The number of hydrogen-bond acceptors (Lipinski definition) is 4. The second-order valence-electron chi connectivity index (χ2n) is 7.46. The van der Waals surface area contributed by atoms with Gasteiger partial charge in [0.2, 0.25) is 0 Å². The molecule has 2 aliphatic heterocycles. The maximum atomic E-state index is 6.10. The minimum Gasteiger partial charge on any atom is -0.491 e. The molecular weight excluding hydrogens is 291 g/mol. The van der Waals surface area contributed by atoms with E-state index in [1.807, 2.05) is 24.3 Å². The Balaban J connectivity index is 1.63. The molecule has 1 aromatic carbocycles. The van der Waals surface area contributed by atoms with Gasteiger partial charge in [0.1, 0.15) is 12.4 Å². The standard InChI is InChI=1S/C18H27BO4/c1-17(2)18(3,4)23-19(22-17)14-8-7-10-15(12-14)21-13-16-9-5-6-11-20-16/h7-8,10,12,16H,5-6,9,11,13H2,1-4H3. The fourth-order valence-corrected chi connectivity index (χ4v) is 2.86. The summed E-state index contributed by atoms with van der Waals surface area (Å²) < 4.78 is 23.8. The summed E-state index contributed by atoms with van der Waals surface area (Å²) in [6.45, 7) is 9.71. The predicted octanol–water partition coefficient (Wildman–Crippen LogP) is 2.93. The smallest absolute Gasteiger partial charge is 0.491 e. The van der Waals surface area contributed by atoms with Crippen molar-refractivity contribution in [2.45, 2.75) is 64.3 Å². The van der Waals surface area contributed by atoms with E-state index in [1.54, 1.807) is 0 Å². The van der Waals surface area contributed by atoms with Crippen molar-refractivity contribution in [2.75, 3.05) is 13.2 Å². The van der Waals surface area contributed by atoms with Gasteiger partial charge in [-0.25, -0.2) is 0 Å². The highest BCUT2D eigenvalue weighted by Crippen LogP contribution is 2.36. The van der Waals surface area contributed by atoms with Gasteiger partial charge in [-0.3, -0.25) is 0 Å². The molecule has 5 heteroatoms. The molecule has 0 spiro atoms. The zero-order valence-electron chi connectivity index (χ0n) is 14.6. The molecule has 1 unspecified atom stereocenters.